The molecule has 30 heavy (non-hydrogen) atoms. The molecule has 1 heterocycles. The molecule has 0 aliphatic carbocycles. The number of amides is 1. The summed E-state index contributed by atoms with van der Waals surface area (Å²) in [6, 6.07) is 10.4. The summed E-state index contributed by atoms with van der Waals surface area (Å²) >= 11 is 6.97. The van der Waals surface area contributed by atoms with Gasteiger partial charge in [0.1, 0.15) is 10.0 Å². The molecule has 158 valence electrons. The largest absolute Gasteiger partial charge is 0.416 e. The first kappa shape index (κ1) is 22.2. The lowest BCUT2D eigenvalue weighted by atomic mass is 10.0. The fourth-order valence-electron chi connectivity index (χ4n) is 2.86. The molecule has 0 aliphatic heterocycles. The van der Waals surface area contributed by atoms with Gasteiger partial charge in [0.25, 0.3) is 0 Å². The fraction of sp³-hybridized carbons (Fsp3) is 0.250. The van der Waals surface area contributed by atoms with E-state index in [9.17, 15) is 18.0 Å². The molecule has 0 aliphatic rings. The summed E-state index contributed by atoms with van der Waals surface area (Å²) in [6.45, 7) is 1.81. The van der Waals surface area contributed by atoms with E-state index in [0.29, 0.717) is 18.0 Å². The van der Waals surface area contributed by atoms with Crippen molar-refractivity contribution in [3.8, 4) is 10.6 Å². The van der Waals surface area contributed by atoms with Crippen LogP contribution < -0.4 is 11.1 Å². The molecular formula is C20H18ClF3N4OS. The van der Waals surface area contributed by atoms with Crippen LogP contribution in [-0.4, -0.2) is 16.1 Å². The Labute approximate surface area is 180 Å². The molecule has 0 fully saturated rings. The van der Waals surface area contributed by atoms with Crippen molar-refractivity contribution in [2.45, 2.75) is 32.1 Å². The third kappa shape index (κ3) is 5.56. The second-order valence-electron chi connectivity index (χ2n) is 6.65. The average Bonchev–Trinajstić information content (AvgIpc) is 3.17. The second kappa shape index (κ2) is 9.11. The molecule has 3 rings (SSSR count). The Morgan fingerprint density at radius 3 is 2.43 bits per heavy atom. The van der Waals surface area contributed by atoms with Crippen molar-refractivity contribution in [1.29, 1.82) is 0 Å². The van der Waals surface area contributed by atoms with Gasteiger partial charge in [-0.25, -0.2) is 0 Å². The fourth-order valence-corrected chi connectivity index (χ4v) is 3.98. The highest BCUT2D eigenvalue weighted by Gasteiger charge is 2.31. The van der Waals surface area contributed by atoms with Crippen LogP contribution in [0.5, 0.6) is 0 Å². The average molecular weight is 455 g/mol. The molecule has 0 bridgehead atoms. The first-order valence-corrected chi connectivity index (χ1v) is 10.1. The van der Waals surface area contributed by atoms with Crippen LogP contribution in [0.4, 0.5) is 13.2 Å². The molecule has 1 atom stereocenters. The van der Waals surface area contributed by atoms with Gasteiger partial charge in [-0.15, -0.1) is 10.2 Å². The van der Waals surface area contributed by atoms with Crippen molar-refractivity contribution in [2.75, 3.05) is 0 Å². The van der Waals surface area contributed by atoms with Crippen molar-refractivity contribution in [1.82, 2.24) is 15.5 Å². The number of rotatable bonds is 6. The Morgan fingerprint density at radius 1 is 1.17 bits per heavy atom. The van der Waals surface area contributed by atoms with Crippen LogP contribution in [0.25, 0.3) is 10.6 Å². The van der Waals surface area contributed by atoms with E-state index >= 15 is 0 Å². The van der Waals surface area contributed by atoms with Gasteiger partial charge in [-0.1, -0.05) is 47.2 Å². The molecule has 3 N–H and O–H groups in total. The van der Waals surface area contributed by atoms with E-state index in [2.05, 4.69) is 15.5 Å². The van der Waals surface area contributed by atoms with E-state index in [1.165, 1.54) is 13.0 Å². The molecular weight excluding hydrogens is 437 g/mol. The number of carbonyl (C=O) groups is 1. The highest BCUT2D eigenvalue weighted by molar-refractivity contribution is 7.14. The lowest BCUT2D eigenvalue weighted by Gasteiger charge is -2.15. The van der Waals surface area contributed by atoms with Gasteiger partial charge in [0.2, 0.25) is 5.91 Å². The van der Waals surface area contributed by atoms with Crippen molar-refractivity contribution < 1.29 is 18.0 Å². The zero-order chi connectivity index (χ0) is 21.9. The molecule has 0 spiro atoms. The van der Waals surface area contributed by atoms with E-state index in [1.54, 1.807) is 0 Å². The maximum atomic E-state index is 13.1. The van der Waals surface area contributed by atoms with Gasteiger partial charge in [0.05, 0.1) is 11.6 Å². The molecule has 2 aromatic carbocycles. The number of hydrogen-bond acceptors (Lipinski definition) is 5. The molecule has 1 aromatic heterocycles. The van der Waals surface area contributed by atoms with Gasteiger partial charge in [0, 0.05) is 24.1 Å². The van der Waals surface area contributed by atoms with E-state index in [-0.39, 0.29) is 21.5 Å². The molecule has 5 nitrogen and oxygen atoms in total. The second-order valence-corrected chi connectivity index (χ2v) is 8.10. The van der Waals surface area contributed by atoms with Crippen LogP contribution in [-0.2, 0) is 23.9 Å². The van der Waals surface area contributed by atoms with Gasteiger partial charge in [-0.05, 0) is 35.7 Å². The lowest BCUT2D eigenvalue weighted by molar-refractivity contribution is -0.137. The van der Waals surface area contributed by atoms with Crippen LogP contribution in [0.1, 0.15) is 34.7 Å². The van der Waals surface area contributed by atoms with E-state index < -0.39 is 17.8 Å². The van der Waals surface area contributed by atoms with Crippen molar-refractivity contribution >= 4 is 28.8 Å². The van der Waals surface area contributed by atoms with Crippen molar-refractivity contribution in [2.24, 2.45) is 5.73 Å². The molecule has 1 unspecified atom stereocenters. The number of aromatic nitrogens is 2. The Bertz CT molecular complexity index is 1040. The number of benzene rings is 2. The number of nitrogens with one attached hydrogen (secondary N) is 1. The maximum absolute atomic E-state index is 13.1. The van der Waals surface area contributed by atoms with Gasteiger partial charge in [-0.2, -0.15) is 13.2 Å². The smallest absolute Gasteiger partial charge is 0.347 e. The van der Waals surface area contributed by atoms with Crippen LogP contribution in [0.2, 0.25) is 5.02 Å². The van der Waals surface area contributed by atoms with Crippen LogP contribution in [0.3, 0.4) is 0 Å². The number of nitrogens with zero attached hydrogens (tertiary/aromatic N) is 2. The van der Waals surface area contributed by atoms with Crippen LogP contribution >= 0.6 is 22.9 Å². The summed E-state index contributed by atoms with van der Waals surface area (Å²) in [5, 5.41) is 11.7. The van der Waals surface area contributed by atoms with Gasteiger partial charge in [-0.3, -0.25) is 4.79 Å². The van der Waals surface area contributed by atoms with Gasteiger partial charge < -0.3 is 11.1 Å². The third-order valence-electron chi connectivity index (χ3n) is 4.29. The van der Waals surface area contributed by atoms with Gasteiger partial charge >= 0.3 is 6.18 Å². The normalized spacial score (nSPS) is 12.6. The predicted octanol–water partition coefficient (Wildman–Crippen LogP) is 4.76. The monoisotopic (exact) mass is 454 g/mol. The Kier molecular flexibility index (Phi) is 6.74. The Morgan fingerprint density at radius 2 is 1.83 bits per heavy atom. The zero-order valence-corrected chi connectivity index (χ0v) is 17.4. The summed E-state index contributed by atoms with van der Waals surface area (Å²) < 4.78 is 39.3. The maximum Gasteiger partial charge on any atom is 0.416 e. The third-order valence-corrected chi connectivity index (χ3v) is 5.59. The molecule has 0 saturated heterocycles. The molecule has 3 aromatic rings. The van der Waals surface area contributed by atoms with E-state index in [4.69, 9.17) is 17.3 Å². The molecule has 1 amide bonds. The first-order chi connectivity index (χ1) is 14.2. The van der Waals surface area contributed by atoms with E-state index in [0.717, 1.165) is 34.6 Å². The Hall–Kier alpha value is -2.49. The number of halogens is 4. The standard InChI is InChI=1S/C20H18ClF3N4OS/c1-11(29)26-17(6-12-2-4-13(10-25)5-3-12)19-28-27-18(30-19)14-7-15(20(22,23)24)9-16(21)8-14/h2-5,7-9,17H,6,10,25H2,1H3,(H,26,29). The number of carbonyl (C=O) groups excluding carboxylic acids is 1. The van der Waals surface area contributed by atoms with E-state index in [1.807, 2.05) is 24.3 Å². The SMILES string of the molecule is CC(=O)NC(Cc1ccc(CN)cc1)c1nnc(-c2cc(Cl)cc(C(F)(F)F)c2)s1. The zero-order valence-electron chi connectivity index (χ0n) is 15.8. The first-order valence-electron chi connectivity index (χ1n) is 8.92. The van der Waals surface area contributed by atoms with Crippen molar-refractivity contribution in [3.05, 3.63) is 69.2 Å². The highest BCUT2D eigenvalue weighted by Crippen LogP contribution is 2.36. The van der Waals surface area contributed by atoms with Crippen LogP contribution in [0, 0.1) is 0 Å². The molecule has 0 radical (unpaired) electrons. The number of hydrogen-bond donors (Lipinski definition) is 2. The number of nitrogens with two attached hydrogens (primary N) is 1. The van der Waals surface area contributed by atoms with Gasteiger partial charge in [0.15, 0.2) is 0 Å². The van der Waals surface area contributed by atoms with Crippen molar-refractivity contribution in [3.63, 3.8) is 0 Å². The quantitative estimate of drug-likeness (QED) is 0.563. The Balaban J connectivity index is 1.90. The minimum atomic E-state index is -4.53. The summed E-state index contributed by atoms with van der Waals surface area (Å²) in [7, 11) is 0. The minimum absolute atomic E-state index is 0.0463. The summed E-state index contributed by atoms with van der Waals surface area (Å²) in [5.74, 6) is -0.252. The summed E-state index contributed by atoms with van der Waals surface area (Å²) in [6.07, 6.45) is -4.08. The highest BCUT2D eigenvalue weighted by atomic mass is 35.5. The summed E-state index contributed by atoms with van der Waals surface area (Å²) in [4.78, 5) is 11.7. The number of alkyl halides is 3. The topological polar surface area (TPSA) is 80.9 Å². The lowest BCUT2D eigenvalue weighted by Crippen LogP contribution is -2.27. The molecule has 0 saturated carbocycles. The minimum Gasteiger partial charge on any atom is -0.347 e. The van der Waals surface area contributed by atoms with Crippen LogP contribution in [0.15, 0.2) is 42.5 Å². The summed E-state index contributed by atoms with van der Waals surface area (Å²) in [5.41, 5.74) is 6.89. The molecule has 10 heteroatoms. The predicted molar refractivity (Wildman–Crippen MR) is 110 cm³/mol.